The topological polar surface area (TPSA) is 29.3 Å². The van der Waals surface area contributed by atoms with Crippen LogP contribution in [-0.2, 0) is 0 Å². The highest BCUT2D eigenvalue weighted by molar-refractivity contribution is 5.65. The fourth-order valence-corrected chi connectivity index (χ4v) is 1.52. The molecule has 15 heavy (non-hydrogen) atoms. The summed E-state index contributed by atoms with van der Waals surface area (Å²) in [6.07, 6.45) is 0. The summed E-state index contributed by atoms with van der Waals surface area (Å²) < 4.78 is 0. The normalized spacial score (nSPS) is 10.0. The van der Waals surface area contributed by atoms with Crippen molar-refractivity contribution in [1.29, 1.82) is 0 Å². The first kappa shape index (κ1) is 9.74. The van der Waals surface area contributed by atoms with Crippen molar-refractivity contribution in [2.45, 2.75) is 0 Å². The fourth-order valence-electron chi connectivity index (χ4n) is 1.52. The molecule has 0 bridgehead atoms. The second-order valence-corrected chi connectivity index (χ2v) is 3.52. The number of hydrogen-bond donors (Lipinski definition) is 1. The molecule has 0 aromatic heterocycles. The van der Waals surface area contributed by atoms with Gasteiger partial charge in [-0.25, -0.2) is 5.84 Å². The monoisotopic (exact) mass is 198 g/mol. The molecule has 0 amide bonds. The van der Waals surface area contributed by atoms with Crippen LogP contribution in [0.5, 0.6) is 0 Å². The van der Waals surface area contributed by atoms with Crippen LogP contribution in [0.2, 0.25) is 0 Å². The minimum Gasteiger partial charge on any atom is -0.314 e. The second kappa shape index (κ2) is 4.15. The molecular formula is C13H14N2. The van der Waals surface area contributed by atoms with E-state index >= 15 is 0 Å². The highest BCUT2D eigenvalue weighted by Gasteiger charge is 1.97. The Morgan fingerprint density at radius 1 is 0.800 bits per heavy atom. The van der Waals surface area contributed by atoms with Crippen LogP contribution in [0.1, 0.15) is 0 Å². The van der Waals surface area contributed by atoms with E-state index in [0.717, 1.165) is 5.69 Å². The molecule has 76 valence electrons. The Labute approximate surface area is 89.9 Å². The molecule has 2 heteroatoms. The van der Waals surface area contributed by atoms with Crippen LogP contribution in [0.25, 0.3) is 11.1 Å². The molecule has 0 spiro atoms. The number of rotatable bonds is 2. The molecule has 0 aliphatic rings. The zero-order valence-electron chi connectivity index (χ0n) is 8.72. The van der Waals surface area contributed by atoms with Gasteiger partial charge in [-0.3, -0.25) is 0 Å². The lowest BCUT2D eigenvalue weighted by Crippen LogP contribution is -2.24. The Bertz CT molecular complexity index is 418. The summed E-state index contributed by atoms with van der Waals surface area (Å²) in [5, 5.41) is 1.61. The standard InChI is InChI=1S/C13H14N2/c1-15(14)13-9-7-12(8-10-13)11-5-3-2-4-6-11/h2-10H,14H2,1H3. The SMILES string of the molecule is CN(N)c1ccc(-c2ccccc2)cc1. The zero-order chi connectivity index (χ0) is 10.7. The summed E-state index contributed by atoms with van der Waals surface area (Å²) in [6, 6.07) is 18.5. The van der Waals surface area contributed by atoms with E-state index in [4.69, 9.17) is 5.84 Å². The first-order chi connectivity index (χ1) is 7.27. The maximum atomic E-state index is 5.64. The van der Waals surface area contributed by atoms with Gasteiger partial charge in [-0.1, -0.05) is 42.5 Å². The molecule has 2 N–H and O–H groups in total. The van der Waals surface area contributed by atoms with E-state index in [2.05, 4.69) is 24.3 Å². The van der Waals surface area contributed by atoms with Gasteiger partial charge in [-0.15, -0.1) is 0 Å². The van der Waals surface area contributed by atoms with E-state index in [1.165, 1.54) is 11.1 Å². The van der Waals surface area contributed by atoms with Gasteiger partial charge in [-0.2, -0.15) is 0 Å². The molecule has 0 heterocycles. The van der Waals surface area contributed by atoms with Gasteiger partial charge in [0.15, 0.2) is 0 Å². The lowest BCUT2D eigenvalue weighted by molar-refractivity contribution is 1.02. The number of nitrogens with zero attached hydrogens (tertiary/aromatic N) is 1. The van der Waals surface area contributed by atoms with Crippen LogP contribution < -0.4 is 10.9 Å². The molecular weight excluding hydrogens is 184 g/mol. The van der Waals surface area contributed by atoms with Crippen molar-refractivity contribution >= 4 is 5.69 Å². The van der Waals surface area contributed by atoms with Gasteiger partial charge in [0.1, 0.15) is 0 Å². The number of anilines is 1. The average molecular weight is 198 g/mol. The van der Waals surface area contributed by atoms with Crippen molar-refractivity contribution in [1.82, 2.24) is 0 Å². The Balaban J connectivity index is 2.32. The molecule has 2 aromatic rings. The van der Waals surface area contributed by atoms with E-state index in [9.17, 15) is 0 Å². The van der Waals surface area contributed by atoms with Gasteiger partial charge in [0.05, 0.1) is 5.69 Å². The first-order valence-electron chi connectivity index (χ1n) is 4.91. The Hall–Kier alpha value is -1.80. The van der Waals surface area contributed by atoms with Gasteiger partial charge >= 0.3 is 0 Å². The van der Waals surface area contributed by atoms with Crippen molar-refractivity contribution in [3.8, 4) is 11.1 Å². The average Bonchev–Trinajstić information content (AvgIpc) is 2.30. The number of benzene rings is 2. The number of nitrogens with two attached hydrogens (primary N) is 1. The molecule has 0 aliphatic heterocycles. The van der Waals surface area contributed by atoms with Gasteiger partial charge in [-0.05, 0) is 23.3 Å². The lowest BCUT2D eigenvalue weighted by atomic mass is 10.1. The Kier molecular flexibility index (Phi) is 2.70. The zero-order valence-corrected chi connectivity index (χ0v) is 8.72. The summed E-state index contributed by atoms with van der Waals surface area (Å²) in [6.45, 7) is 0. The first-order valence-corrected chi connectivity index (χ1v) is 4.91. The van der Waals surface area contributed by atoms with Crippen LogP contribution in [-0.4, -0.2) is 7.05 Å². The predicted molar refractivity (Wildman–Crippen MR) is 64.5 cm³/mol. The summed E-state index contributed by atoms with van der Waals surface area (Å²) in [4.78, 5) is 0. The molecule has 0 aliphatic carbocycles. The van der Waals surface area contributed by atoms with Crippen molar-refractivity contribution in [3.05, 3.63) is 54.6 Å². The van der Waals surface area contributed by atoms with Gasteiger partial charge in [0, 0.05) is 7.05 Å². The highest BCUT2D eigenvalue weighted by atomic mass is 15.4. The third kappa shape index (κ3) is 2.17. The molecule has 2 nitrogen and oxygen atoms in total. The molecule has 0 saturated heterocycles. The van der Waals surface area contributed by atoms with Crippen molar-refractivity contribution in [2.75, 3.05) is 12.1 Å². The number of hydrazine groups is 1. The van der Waals surface area contributed by atoms with Crippen LogP contribution in [0.4, 0.5) is 5.69 Å². The second-order valence-electron chi connectivity index (χ2n) is 3.52. The summed E-state index contributed by atoms with van der Waals surface area (Å²) in [5.41, 5.74) is 3.44. The van der Waals surface area contributed by atoms with Crippen LogP contribution in [0.3, 0.4) is 0 Å². The third-order valence-corrected chi connectivity index (χ3v) is 2.38. The van der Waals surface area contributed by atoms with E-state index in [1.54, 1.807) is 5.01 Å². The van der Waals surface area contributed by atoms with Gasteiger partial charge < -0.3 is 5.01 Å². The molecule has 2 aromatic carbocycles. The minimum absolute atomic E-state index is 1.01. The smallest absolute Gasteiger partial charge is 0.0514 e. The van der Waals surface area contributed by atoms with Crippen LogP contribution in [0, 0.1) is 0 Å². The minimum atomic E-state index is 1.01. The predicted octanol–water partition coefficient (Wildman–Crippen LogP) is 2.66. The van der Waals surface area contributed by atoms with Crippen LogP contribution >= 0.6 is 0 Å². The maximum Gasteiger partial charge on any atom is 0.0514 e. The summed E-state index contributed by atoms with van der Waals surface area (Å²) in [7, 11) is 1.83. The van der Waals surface area contributed by atoms with Gasteiger partial charge in [0.2, 0.25) is 0 Å². The third-order valence-electron chi connectivity index (χ3n) is 2.38. The van der Waals surface area contributed by atoms with E-state index in [1.807, 2.05) is 37.4 Å². The lowest BCUT2D eigenvalue weighted by Gasteiger charge is -2.12. The molecule has 0 fully saturated rings. The molecule has 0 saturated carbocycles. The van der Waals surface area contributed by atoms with Crippen molar-refractivity contribution in [3.63, 3.8) is 0 Å². The molecule has 0 atom stereocenters. The van der Waals surface area contributed by atoms with E-state index in [-0.39, 0.29) is 0 Å². The fraction of sp³-hybridized carbons (Fsp3) is 0.0769. The van der Waals surface area contributed by atoms with E-state index in [0.29, 0.717) is 0 Å². The van der Waals surface area contributed by atoms with Crippen molar-refractivity contribution < 1.29 is 0 Å². The highest BCUT2D eigenvalue weighted by Crippen LogP contribution is 2.21. The molecule has 0 unspecified atom stereocenters. The number of hydrogen-bond acceptors (Lipinski definition) is 2. The summed E-state index contributed by atoms with van der Waals surface area (Å²) in [5.74, 6) is 5.64. The largest absolute Gasteiger partial charge is 0.314 e. The molecule has 2 rings (SSSR count). The quantitative estimate of drug-likeness (QED) is 0.593. The van der Waals surface area contributed by atoms with E-state index < -0.39 is 0 Å². The Morgan fingerprint density at radius 3 is 1.87 bits per heavy atom. The van der Waals surface area contributed by atoms with Crippen molar-refractivity contribution in [2.24, 2.45) is 5.84 Å². The summed E-state index contributed by atoms with van der Waals surface area (Å²) >= 11 is 0. The van der Waals surface area contributed by atoms with Gasteiger partial charge in [0.25, 0.3) is 0 Å². The van der Waals surface area contributed by atoms with Crippen LogP contribution in [0.15, 0.2) is 54.6 Å². The Morgan fingerprint density at radius 2 is 1.33 bits per heavy atom. The maximum absolute atomic E-state index is 5.64. The molecule has 0 radical (unpaired) electrons.